The second-order valence-corrected chi connectivity index (χ2v) is 3.48. The van der Waals surface area contributed by atoms with Crippen molar-refractivity contribution in [2.75, 3.05) is 18.7 Å². The lowest BCUT2D eigenvalue weighted by Gasteiger charge is -2.07. The van der Waals surface area contributed by atoms with E-state index in [9.17, 15) is 0 Å². The molecule has 0 fully saturated rings. The Morgan fingerprint density at radius 3 is 3.07 bits per heavy atom. The first-order chi connectivity index (χ1) is 7.29. The molecule has 1 aromatic carbocycles. The maximum absolute atomic E-state index is 8.63. The van der Waals surface area contributed by atoms with Gasteiger partial charge in [0.1, 0.15) is 0 Å². The monoisotopic (exact) mass is 204 g/mol. The Morgan fingerprint density at radius 2 is 2.27 bits per heavy atom. The molecule has 78 valence electrons. The van der Waals surface area contributed by atoms with Crippen LogP contribution in [0, 0.1) is 17.2 Å². The average Bonchev–Trinajstić information content (AvgIpc) is 2.72. The van der Waals surface area contributed by atoms with Gasteiger partial charge in [-0.1, -0.05) is 0 Å². The summed E-state index contributed by atoms with van der Waals surface area (Å²) in [6.07, 6.45) is 0. The maximum Gasteiger partial charge on any atom is 0.231 e. The number of rotatable bonds is 3. The molecule has 4 nitrogen and oxygen atoms in total. The standard InChI is InChI=1S/C11H12N2O2/c1-8(5-12)6-13-9-2-3-10-11(4-9)15-7-14-10/h2-4,8,13H,6-7H2,1H3. The van der Waals surface area contributed by atoms with Crippen LogP contribution >= 0.6 is 0 Å². The lowest BCUT2D eigenvalue weighted by atomic mass is 10.2. The van der Waals surface area contributed by atoms with Crippen LogP contribution in [0.25, 0.3) is 0 Å². The zero-order valence-corrected chi connectivity index (χ0v) is 8.49. The van der Waals surface area contributed by atoms with E-state index < -0.39 is 0 Å². The molecule has 1 aliphatic rings. The average molecular weight is 204 g/mol. The molecule has 0 saturated heterocycles. The van der Waals surface area contributed by atoms with Crippen LogP contribution in [0.4, 0.5) is 5.69 Å². The SMILES string of the molecule is CC(C#N)CNc1ccc2c(c1)OCO2. The summed E-state index contributed by atoms with van der Waals surface area (Å²) in [6.45, 7) is 2.80. The van der Waals surface area contributed by atoms with E-state index in [0.717, 1.165) is 17.2 Å². The Labute approximate surface area is 88.4 Å². The Morgan fingerprint density at radius 1 is 1.47 bits per heavy atom. The third-order valence-electron chi connectivity index (χ3n) is 2.21. The second-order valence-electron chi connectivity index (χ2n) is 3.48. The van der Waals surface area contributed by atoms with Crippen LogP contribution in [-0.4, -0.2) is 13.3 Å². The molecule has 1 heterocycles. The topological polar surface area (TPSA) is 54.3 Å². The van der Waals surface area contributed by atoms with Crippen molar-refractivity contribution in [2.24, 2.45) is 5.92 Å². The quantitative estimate of drug-likeness (QED) is 0.818. The molecule has 1 aromatic rings. The Balaban J connectivity index is 2.01. The minimum Gasteiger partial charge on any atom is -0.454 e. The van der Waals surface area contributed by atoms with Gasteiger partial charge in [0.25, 0.3) is 0 Å². The van der Waals surface area contributed by atoms with Gasteiger partial charge >= 0.3 is 0 Å². The lowest BCUT2D eigenvalue weighted by Crippen LogP contribution is -2.08. The number of benzene rings is 1. The van der Waals surface area contributed by atoms with Gasteiger partial charge in [-0.15, -0.1) is 0 Å². The highest BCUT2D eigenvalue weighted by molar-refractivity contribution is 5.55. The number of nitrogens with zero attached hydrogens (tertiary/aromatic N) is 1. The summed E-state index contributed by atoms with van der Waals surface area (Å²) in [4.78, 5) is 0. The highest BCUT2D eigenvalue weighted by Crippen LogP contribution is 2.34. The second kappa shape index (κ2) is 4.09. The molecule has 0 saturated carbocycles. The molecule has 2 rings (SSSR count). The summed E-state index contributed by atoms with van der Waals surface area (Å²) < 4.78 is 10.4. The van der Waals surface area contributed by atoms with Crippen molar-refractivity contribution in [1.29, 1.82) is 5.26 Å². The van der Waals surface area contributed by atoms with Gasteiger partial charge < -0.3 is 14.8 Å². The van der Waals surface area contributed by atoms with Crippen molar-refractivity contribution in [2.45, 2.75) is 6.92 Å². The molecule has 1 atom stereocenters. The number of nitrogens with one attached hydrogen (secondary N) is 1. The van der Waals surface area contributed by atoms with Crippen LogP contribution in [0.5, 0.6) is 11.5 Å². The van der Waals surface area contributed by atoms with Crippen LogP contribution in [0.1, 0.15) is 6.92 Å². The largest absolute Gasteiger partial charge is 0.454 e. The molecule has 0 bridgehead atoms. The lowest BCUT2D eigenvalue weighted by molar-refractivity contribution is 0.174. The molecular formula is C11H12N2O2. The van der Waals surface area contributed by atoms with Crippen LogP contribution in [0.2, 0.25) is 0 Å². The highest BCUT2D eigenvalue weighted by atomic mass is 16.7. The van der Waals surface area contributed by atoms with Crippen molar-refractivity contribution in [3.05, 3.63) is 18.2 Å². The van der Waals surface area contributed by atoms with E-state index in [2.05, 4.69) is 11.4 Å². The van der Waals surface area contributed by atoms with Gasteiger partial charge in [0, 0.05) is 18.3 Å². The normalized spacial score (nSPS) is 14.4. The fourth-order valence-electron chi connectivity index (χ4n) is 1.32. The van der Waals surface area contributed by atoms with E-state index in [4.69, 9.17) is 14.7 Å². The number of hydrogen-bond acceptors (Lipinski definition) is 4. The van der Waals surface area contributed by atoms with Crippen molar-refractivity contribution < 1.29 is 9.47 Å². The summed E-state index contributed by atoms with van der Waals surface area (Å²) in [5.74, 6) is 1.52. The molecule has 0 radical (unpaired) electrons. The van der Waals surface area contributed by atoms with Gasteiger partial charge in [0.15, 0.2) is 11.5 Å². The van der Waals surface area contributed by atoms with Crippen molar-refractivity contribution in [3.63, 3.8) is 0 Å². The Hall–Kier alpha value is -1.89. The fraction of sp³-hybridized carbons (Fsp3) is 0.364. The molecule has 0 aliphatic carbocycles. The van der Waals surface area contributed by atoms with Crippen LogP contribution in [-0.2, 0) is 0 Å². The Kier molecular flexibility index (Phi) is 2.64. The number of hydrogen-bond donors (Lipinski definition) is 1. The first-order valence-corrected chi connectivity index (χ1v) is 4.83. The molecule has 1 N–H and O–H groups in total. The third kappa shape index (κ3) is 2.13. The van der Waals surface area contributed by atoms with Gasteiger partial charge in [0.05, 0.1) is 12.0 Å². The first-order valence-electron chi connectivity index (χ1n) is 4.83. The predicted octanol–water partition coefficient (Wildman–Crippen LogP) is 1.99. The summed E-state index contributed by atoms with van der Waals surface area (Å²) in [5, 5.41) is 11.8. The number of fused-ring (bicyclic) bond motifs is 1. The molecule has 0 amide bonds. The van der Waals surface area contributed by atoms with Gasteiger partial charge in [-0.25, -0.2) is 0 Å². The number of anilines is 1. The molecule has 4 heteroatoms. The van der Waals surface area contributed by atoms with Crippen LogP contribution in [0.3, 0.4) is 0 Å². The van der Waals surface area contributed by atoms with Gasteiger partial charge in [0.2, 0.25) is 6.79 Å². The third-order valence-corrected chi connectivity index (χ3v) is 2.21. The number of ether oxygens (including phenoxy) is 2. The van der Waals surface area contributed by atoms with E-state index >= 15 is 0 Å². The molecule has 1 unspecified atom stereocenters. The van der Waals surface area contributed by atoms with E-state index in [1.165, 1.54) is 0 Å². The van der Waals surface area contributed by atoms with Gasteiger partial charge in [-0.2, -0.15) is 5.26 Å². The van der Waals surface area contributed by atoms with E-state index in [0.29, 0.717) is 6.54 Å². The zero-order valence-electron chi connectivity index (χ0n) is 8.49. The Bertz CT molecular complexity index is 398. The number of nitriles is 1. The minimum atomic E-state index is -0.00424. The van der Waals surface area contributed by atoms with Crippen LogP contribution < -0.4 is 14.8 Å². The zero-order chi connectivity index (χ0) is 10.7. The van der Waals surface area contributed by atoms with Crippen molar-refractivity contribution >= 4 is 5.69 Å². The van der Waals surface area contributed by atoms with Crippen molar-refractivity contribution in [1.82, 2.24) is 0 Å². The first kappa shape index (κ1) is 9.66. The van der Waals surface area contributed by atoms with E-state index in [1.54, 1.807) is 0 Å². The molecule has 0 aromatic heterocycles. The van der Waals surface area contributed by atoms with Gasteiger partial charge in [-0.05, 0) is 19.1 Å². The predicted molar refractivity (Wildman–Crippen MR) is 55.8 cm³/mol. The van der Waals surface area contributed by atoms with Crippen molar-refractivity contribution in [3.8, 4) is 17.6 Å². The summed E-state index contributed by atoms with van der Waals surface area (Å²) in [6, 6.07) is 7.83. The smallest absolute Gasteiger partial charge is 0.231 e. The molecule has 0 spiro atoms. The summed E-state index contributed by atoms with van der Waals surface area (Å²) in [5.41, 5.74) is 0.946. The van der Waals surface area contributed by atoms with E-state index in [1.807, 2.05) is 25.1 Å². The molecule has 15 heavy (non-hydrogen) atoms. The molecule has 1 aliphatic heterocycles. The van der Waals surface area contributed by atoms with E-state index in [-0.39, 0.29) is 12.7 Å². The highest BCUT2D eigenvalue weighted by Gasteiger charge is 2.13. The minimum absolute atomic E-state index is 0.00424. The maximum atomic E-state index is 8.63. The summed E-state index contributed by atoms with van der Waals surface area (Å²) in [7, 11) is 0. The van der Waals surface area contributed by atoms with Gasteiger partial charge in [-0.3, -0.25) is 0 Å². The molecular weight excluding hydrogens is 192 g/mol. The summed E-state index contributed by atoms with van der Waals surface area (Å²) >= 11 is 0. The fourth-order valence-corrected chi connectivity index (χ4v) is 1.32. The van der Waals surface area contributed by atoms with Crippen LogP contribution in [0.15, 0.2) is 18.2 Å².